The van der Waals surface area contributed by atoms with Gasteiger partial charge in [0.1, 0.15) is 11.4 Å². The average molecular weight is 494 g/mol. The Morgan fingerprint density at radius 1 is 1.22 bits per heavy atom. The van der Waals surface area contributed by atoms with Crippen molar-refractivity contribution in [2.75, 3.05) is 25.5 Å². The van der Waals surface area contributed by atoms with Crippen LogP contribution < -0.4 is 21.5 Å². The van der Waals surface area contributed by atoms with E-state index in [0.717, 1.165) is 12.2 Å². The summed E-state index contributed by atoms with van der Waals surface area (Å²) >= 11 is 0. The first-order valence-electron chi connectivity index (χ1n) is 11.8. The highest BCUT2D eigenvalue weighted by Gasteiger charge is 2.32. The van der Waals surface area contributed by atoms with Crippen molar-refractivity contribution in [3.05, 3.63) is 64.1 Å². The second kappa shape index (κ2) is 10.3. The predicted octanol–water partition coefficient (Wildman–Crippen LogP) is 2.05. The molecule has 0 unspecified atom stereocenters. The summed E-state index contributed by atoms with van der Waals surface area (Å²) in [5, 5.41) is 15.0. The van der Waals surface area contributed by atoms with Gasteiger partial charge in [-0.15, -0.1) is 0 Å². The topological polar surface area (TPSA) is 123 Å². The van der Waals surface area contributed by atoms with Gasteiger partial charge >= 0.3 is 6.03 Å². The summed E-state index contributed by atoms with van der Waals surface area (Å²) in [6.07, 6.45) is 1.47. The maximum Gasteiger partial charge on any atom is 0.320 e. The van der Waals surface area contributed by atoms with Crippen LogP contribution in [-0.2, 0) is 11.9 Å². The Kier molecular flexibility index (Phi) is 7.22. The van der Waals surface area contributed by atoms with E-state index in [1.807, 2.05) is 56.2 Å². The van der Waals surface area contributed by atoms with Gasteiger partial charge in [0.05, 0.1) is 23.5 Å². The number of amides is 3. The second-order valence-corrected chi connectivity index (χ2v) is 8.70. The van der Waals surface area contributed by atoms with Crippen LogP contribution in [0.3, 0.4) is 0 Å². The fraction of sp³-hybridized carbons (Fsp3) is 0.360. The van der Waals surface area contributed by atoms with Gasteiger partial charge in [-0.3, -0.25) is 19.7 Å². The van der Waals surface area contributed by atoms with Gasteiger partial charge in [0.25, 0.3) is 11.5 Å². The van der Waals surface area contributed by atoms with Crippen LogP contribution in [0.2, 0.25) is 0 Å². The number of hydroxylamine groups is 2. The van der Waals surface area contributed by atoms with Crippen LogP contribution >= 0.6 is 0 Å². The van der Waals surface area contributed by atoms with Crippen molar-refractivity contribution in [1.29, 1.82) is 0 Å². The smallest absolute Gasteiger partial charge is 0.320 e. The molecule has 36 heavy (non-hydrogen) atoms. The second-order valence-electron chi connectivity index (χ2n) is 8.70. The first-order chi connectivity index (χ1) is 17.2. The molecule has 0 spiro atoms. The third kappa shape index (κ3) is 4.88. The molecule has 3 N–H and O–H groups in total. The van der Waals surface area contributed by atoms with Crippen LogP contribution in [0, 0.1) is 6.92 Å². The highest BCUT2D eigenvalue weighted by atomic mass is 16.7. The number of carbonyl (C=O) groups is 2. The van der Waals surface area contributed by atoms with Gasteiger partial charge in [0.15, 0.2) is 0 Å². The van der Waals surface area contributed by atoms with E-state index in [4.69, 9.17) is 9.94 Å². The lowest BCUT2D eigenvalue weighted by Gasteiger charge is -2.16. The Bertz CT molecular complexity index is 1330. The SMILES string of the molecule is CCN1C[C@@H](NC(=O)Nc2c(C)c(-c3cc(C(=O)NC)c(=O)n(C)c3)nn2-c2ccccc2)[C@H](C)O1. The standard InChI is InChI=1S/C25H31N7O4/c1-6-31-14-20(16(3)36-31)27-25(35)28-22-15(2)21(29-32(22)18-10-8-7-9-11-18)17-12-19(23(33)26-4)24(34)30(5)13-17/h7-13,16,20H,6,14H2,1-5H3,(H,26,33)(H2,27,28,35)/t16-,20+/m0/s1. The van der Waals surface area contributed by atoms with E-state index in [0.29, 0.717) is 29.2 Å². The minimum absolute atomic E-state index is 0.00844. The summed E-state index contributed by atoms with van der Waals surface area (Å²) in [6, 6.07) is 10.4. The minimum Gasteiger partial charge on any atom is -0.355 e. The van der Waals surface area contributed by atoms with Crippen LogP contribution in [0.15, 0.2) is 47.4 Å². The van der Waals surface area contributed by atoms with Crippen LogP contribution in [0.25, 0.3) is 16.9 Å². The molecule has 1 aliphatic heterocycles. The molecular weight excluding hydrogens is 462 g/mol. The monoisotopic (exact) mass is 493 g/mol. The van der Waals surface area contributed by atoms with E-state index in [9.17, 15) is 14.4 Å². The van der Waals surface area contributed by atoms with Gasteiger partial charge in [0, 0.05) is 44.5 Å². The first kappa shape index (κ1) is 25.1. The van der Waals surface area contributed by atoms with Crippen molar-refractivity contribution in [3.8, 4) is 16.9 Å². The number of benzene rings is 1. The molecule has 0 saturated carbocycles. The Morgan fingerprint density at radius 2 is 1.94 bits per heavy atom. The van der Waals surface area contributed by atoms with Crippen molar-refractivity contribution < 1.29 is 14.4 Å². The van der Waals surface area contributed by atoms with Gasteiger partial charge < -0.3 is 15.2 Å². The van der Waals surface area contributed by atoms with Gasteiger partial charge in [-0.2, -0.15) is 10.2 Å². The van der Waals surface area contributed by atoms with Gasteiger partial charge in [0.2, 0.25) is 0 Å². The fourth-order valence-corrected chi connectivity index (χ4v) is 4.21. The zero-order valence-corrected chi connectivity index (χ0v) is 21.0. The van der Waals surface area contributed by atoms with E-state index in [2.05, 4.69) is 16.0 Å². The molecule has 0 radical (unpaired) electrons. The summed E-state index contributed by atoms with van der Waals surface area (Å²) in [6.45, 7) is 7.07. The molecule has 3 amide bonds. The molecule has 3 heterocycles. The molecule has 2 aromatic heterocycles. The molecular formula is C25H31N7O4. The number of rotatable bonds is 6. The predicted molar refractivity (Wildman–Crippen MR) is 136 cm³/mol. The van der Waals surface area contributed by atoms with E-state index >= 15 is 0 Å². The Labute approximate surface area is 209 Å². The Morgan fingerprint density at radius 3 is 2.58 bits per heavy atom. The molecule has 3 aromatic rings. The van der Waals surface area contributed by atoms with E-state index in [-0.39, 0.29) is 23.7 Å². The highest BCUT2D eigenvalue weighted by molar-refractivity contribution is 5.95. The molecule has 4 rings (SSSR count). The van der Waals surface area contributed by atoms with Gasteiger partial charge in [-0.05, 0) is 32.0 Å². The molecule has 1 saturated heterocycles. The summed E-state index contributed by atoms with van der Waals surface area (Å²) in [7, 11) is 3.05. The number of likely N-dealkylation sites (N-methyl/N-ethyl adjacent to an activating group) is 1. The van der Waals surface area contributed by atoms with Crippen LogP contribution in [0.4, 0.5) is 10.6 Å². The van der Waals surface area contributed by atoms with Crippen LogP contribution in [-0.4, -0.2) is 63.6 Å². The number of nitrogens with zero attached hydrogens (tertiary/aromatic N) is 4. The number of urea groups is 1. The number of aryl methyl sites for hydroxylation is 1. The maximum absolute atomic E-state index is 13.0. The number of hydrogen-bond acceptors (Lipinski definition) is 6. The molecule has 0 bridgehead atoms. The molecule has 190 valence electrons. The fourth-order valence-electron chi connectivity index (χ4n) is 4.21. The summed E-state index contributed by atoms with van der Waals surface area (Å²) in [4.78, 5) is 43.6. The quantitative estimate of drug-likeness (QED) is 0.483. The number of para-hydroxylation sites is 1. The summed E-state index contributed by atoms with van der Waals surface area (Å²) < 4.78 is 2.99. The van der Waals surface area contributed by atoms with Crippen molar-refractivity contribution in [2.24, 2.45) is 7.05 Å². The zero-order chi connectivity index (χ0) is 26.0. The number of anilines is 1. The molecule has 11 nitrogen and oxygen atoms in total. The van der Waals surface area contributed by atoms with Crippen molar-refractivity contribution >= 4 is 17.8 Å². The number of pyridine rings is 1. The van der Waals surface area contributed by atoms with E-state index in [1.165, 1.54) is 17.7 Å². The third-order valence-electron chi connectivity index (χ3n) is 6.23. The number of hydrogen-bond donors (Lipinski definition) is 3. The molecule has 0 aliphatic carbocycles. The van der Waals surface area contributed by atoms with Crippen molar-refractivity contribution in [2.45, 2.75) is 32.9 Å². The van der Waals surface area contributed by atoms with Gasteiger partial charge in [-0.1, -0.05) is 25.1 Å². The highest BCUT2D eigenvalue weighted by Crippen LogP contribution is 2.30. The van der Waals surface area contributed by atoms with Crippen LogP contribution in [0.5, 0.6) is 0 Å². The average Bonchev–Trinajstić information content (AvgIpc) is 3.39. The first-order valence-corrected chi connectivity index (χ1v) is 11.8. The third-order valence-corrected chi connectivity index (χ3v) is 6.23. The lowest BCUT2D eigenvalue weighted by Crippen LogP contribution is -2.44. The minimum atomic E-state index is -0.482. The largest absolute Gasteiger partial charge is 0.355 e. The Hall–Kier alpha value is -3.96. The maximum atomic E-state index is 13.0. The van der Waals surface area contributed by atoms with E-state index < -0.39 is 11.5 Å². The molecule has 11 heteroatoms. The number of nitrogens with one attached hydrogen (secondary N) is 3. The molecule has 1 aliphatic rings. The normalized spacial score (nSPS) is 17.7. The van der Waals surface area contributed by atoms with Gasteiger partial charge in [-0.25, -0.2) is 9.48 Å². The van der Waals surface area contributed by atoms with Crippen LogP contribution in [0.1, 0.15) is 29.8 Å². The number of carbonyl (C=O) groups excluding carboxylic acids is 2. The Balaban J connectivity index is 1.73. The number of aromatic nitrogens is 3. The van der Waals surface area contributed by atoms with E-state index in [1.54, 1.807) is 17.9 Å². The zero-order valence-electron chi connectivity index (χ0n) is 21.0. The lowest BCUT2D eigenvalue weighted by molar-refractivity contribution is -0.137. The molecule has 2 atom stereocenters. The lowest BCUT2D eigenvalue weighted by atomic mass is 10.1. The van der Waals surface area contributed by atoms with Crippen molar-refractivity contribution in [3.63, 3.8) is 0 Å². The summed E-state index contributed by atoms with van der Waals surface area (Å²) in [5.74, 6) is -0.00712. The molecule has 1 fully saturated rings. The molecule has 1 aromatic carbocycles. The summed E-state index contributed by atoms with van der Waals surface area (Å²) in [5.41, 5.74) is 2.13. The van der Waals surface area contributed by atoms with Crippen molar-refractivity contribution in [1.82, 2.24) is 30.0 Å².